The third kappa shape index (κ3) is 3.99. The fourth-order valence-corrected chi connectivity index (χ4v) is 4.48. The van der Waals surface area contributed by atoms with Crippen molar-refractivity contribution in [2.24, 2.45) is 0 Å². The molecule has 2 aliphatic rings. The molecule has 0 aliphatic carbocycles. The molecule has 172 valence electrons. The smallest absolute Gasteiger partial charge is 0.382 e. The van der Waals surface area contributed by atoms with E-state index in [-0.39, 0.29) is 41.1 Å². The summed E-state index contributed by atoms with van der Waals surface area (Å²) in [4.78, 5) is 35.6. The molecule has 0 aromatic carbocycles. The second-order valence-electron chi connectivity index (χ2n) is 8.01. The van der Waals surface area contributed by atoms with E-state index in [9.17, 15) is 22.8 Å². The summed E-state index contributed by atoms with van der Waals surface area (Å²) in [5.41, 5.74) is 4.85. The number of halogens is 4. The number of fused-ring (bicyclic) bond motifs is 2. The van der Waals surface area contributed by atoms with Gasteiger partial charge in [0.05, 0.1) is 6.42 Å². The van der Waals surface area contributed by atoms with E-state index < -0.39 is 29.7 Å². The quantitative estimate of drug-likeness (QED) is 0.626. The number of nitrogens with one attached hydrogen (secondary N) is 2. The van der Waals surface area contributed by atoms with Crippen molar-refractivity contribution < 1.29 is 18.0 Å². The van der Waals surface area contributed by atoms with Gasteiger partial charge in [0.15, 0.2) is 5.82 Å². The summed E-state index contributed by atoms with van der Waals surface area (Å²) in [6.45, 7) is 2.00. The molecule has 9 nitrogen and oxygen atoms in total. The van der Waals surface area contributed by atoms with Crippen molar-refractivity contribution in [2.75, 3.05) is 30.7 Å². The highest BCUT2D eigenvalue weighted by molar-refractivity contribution is 6.35. The van der Waals surface area contributed by atoms with Crippen LogP contribution in [0.5, 0.6) is 0 Å². The highest BCUT2D eigenvalue weighted by atomic mass is 35.5. The number of nitrogens with two attached hydrogens (primary N) is 1. The molecule has 0 radical (unpaired) electrons. The van der Waals surface area contributed by atoms with Crippen molar-refractivity contribution in [3.8, 4) is 0 Å². The van der Waals surface area contributed by atoms with E-state index in [4.69, 9.17) is 17.3 Å². The lowest BCUT2D eigenvalue weighted by atomic mass is 9.97. The molecule has 32 heavy (non-hydrogen) atoms. The Labute approximate surface area is 185 Å². The lowest BCUT2D eigenvalue weighted by Gasteiger charge is -2.41. The Bertz CT molecular complexity index is 1140. The van der Waals surface area contributed by atoms with E-state index in [2.05, 4.69) is 20.6 Å². The van der Waals surface area contributed by atoms with Crippen LogP contribution in [0.1, 0.15) is 35.3 Å². The molecule has 13 heteroatoms. The average molecular weight is 472 g/mol. The second-order valence-corrected chi connectivity index (χ2v) is 8.39. The molecule has 2 aliphatic heterocycles. The zero-order chi connectivity index (χ0) is 23.3. The SMILES string of the molecule is Cc1cc(Nc2ncnc(N)c2Cl)c(=O)n2c1C(=O)NC21CCCN(CCC(F)(F)F)C1. The van der Waals surface area contributed by atoms with Gasteiger partial charge in [-0.25, -0.2) is 9.97 Å². The molecule has 1 amide bonds. The summed E-state index contributed by atoms with van der Waals surface area (Å²) in [5.74, 6) is -0.283. The molecule has 2 aromatic rings. The van der Waals surface area contributed by atoms with Gasteiger partial charge in [-0.05, 0) is 37.9 Å². The molecule has 1 unspecified atom stereocenters. The van der Waals surface area contributed by atoms with Crippen LogP contribution < -0.4 is 21.9 Å². The van der Waals surface area contributed by atoms with E-state index in [1.54, 1.807) is 11.8 Å². The number of pyridine rings is 1. The number of nitrogens with zero attached hydrogens (tertiary/aromatic N) is 4. The number of likely N-dealkylation sites (tertiary alicyclic amines) is 1. The molecule has 1 saturated heterocycles. The number of rotatable bonds is 4. The number of hydrogen-bond acceptors (Lipinski definition) is 7. The first-order chi connectivity index (χ1) is 15.0. The largest absolute Gasteiger partial charge is 0.390 e. The summed E-state index contributed by atoms with van der Waals surface area (Å²) >= 11 is 6.12. The third-order valence-electron chi connectivity index (χ3n) is 5.71. The van der Waals surface area contributed by atoms with E-state index in [1.807, 2.05) is 0 Å². The summed E-state index contributed by atoms with van der Waals surface area (Å²) in [6, 6.07) is 1.51. The maximum absolute atomic E-state index is 13.4. The molecule has 0 bridgehead atoms. The number of anilines is 3. The highest BCUT2D eigenvalue weighted by Gasteiger charge is 2.47. The fourth-order valence-electron chi connectivity index (χ4n) is 4.33. The van der Waals surface area contributed by atoms with Crippen LogP contribution in [0, 0.1) is 6.92 Å². The van der Waals surface area contributed by atoms with Gasteiger partial charge >= 0.3 is 6.18 Å². The van der Waals surface area contributed by atoms with Crippen LogP contribution in [0.15, 0.2) is 17.2 Å². The molecular weight excluding hydrogens is 451 g/mol. The highest BCUT2D eigenvalue weighted by Crippen LogP contribution is 2.34. The van der Waals surface area contributed by atoms with Gasteiger partial charge in [0.1, 0.15) is 34.2 Å². The van der Waals surface area contributed by atoms with Gasteiger partial charge < -0.3 is 16.4 Å². The van der Waals surface area contributed by atoms with Gasteiger partial charge in [0, 0.05) is 13.1 Å². The van der Waals surface area contributed by atoms with Crippen LogP contribution >= 0.6 is 11.6 Å². The Hall–Kier alpha value is -2.86. The Balaban J connectivity index is 1.73. The molecule has 4 heterocycles. The van der Waals surface area contributed by atoms with Gasteiger partial charge in [0.25, 0.3) is 11.5 Å². The predicted molar refractivity (Wildman–Crippen MR) is 112 cm³/mol. The maximum atomic E-state index is 13.4. The van der Waals surface area contributed by atoms with Crippen molar-refractivity contribution in [1.82, 2.24) is 24.8 Å². The Morgan fingerprint density at radius 1 is 1.34 bits per heavy atom. The molecule has 4 N–H and O–H groups in total. The van der Waals surface area contributed by atoms with Gasteiger partial charge in [-0.3, -0.25) is 19.1 Å². The lowest BCUT2D eigenvalue weighted by Crippen LogP contribution is -2.58. The van der Waals surface area contributed by atoms with Crippen molar-refractivity contribution in [3.05, 3.63) is 39.0 Å². The summed E-state index contributed by atoms with van der Waals surface area (Å²) < 4.78 is 39.5. The van der Waals surface area contributed by atoms with E-state index >= 15 is 0 Å². The molecule has 1 atom stereocenters. The summed E-state index contributed by atoms with van der Waals surface area (Å²) in [7, 11) is 0. The van der Waals surface area contributed by atoms with Crippen LogP contribution in [-0.2, 0) is 5.66 Å². The van der Waals surface area contributed by atoms with E-state index in [1.165, 1.54) is 17.0 Å². The number of aromatic nitrogens is 3. The number of amides is 1. The van der Waals surface area contributed by atoms with E-state index in [0.29, 0.717) is 24.9 Å². The summed E-state index contributed by atoms with van der Waals surface area (Å²) in [5, 5.41) is 5.74. The number of hydrogen-bond donors (Lipinski definition) is 3. The minimum atomic E-state index is -4.29. The summed E-state index contributed by atoms with van der Waals surface area (Å²) in [6.07, 6.45) is -3.13. The minimum Gasteiger partial charge on any atom is -0.382 e. The number of aryl methyl sites for hydroxylation is 1. The van der Waals surface area contributed by atoms with Crippen LogP contribution in [0.3, 0.4) is 0 Å². The Morgan fingerprint density at radius 2 is 2.09 bits per heavy atom. The normalized spacial score (nSPS) is 21.0. The Morgan fingerprint density at radius 3 is 2.81 bits per heavy atom. The molecular formula is C19H21ClF3N7O2. The zero-order valence-electron chi connectivity index (χ0n) is 17.1. The van der Waals surface area contributed by atoms with Crippen LogP contribution in [0.2, 0.25) is 5.02 Å². The first-order valence-electron chi connectivity index (χ1n) is 9.92. The third-order valence-corrected chi connectivity index (χ3v) is 6.08. The van der Waals surface area contributed by atoms with E-state index in [0.717, 1.165) is 0 Å². The maximum Gasteiger partial charge on any atom is 0.390 e. The number of piperidine rings is 1. The molecule has 2 aromatic heterocycles. The standard InChI is InChI=1S/C19H21ClF3N7O2/c1-10-7-11(27-15-12(20)14(24)25-9-26-15)17(32)30-13(10)16(31)28-18(30)3-2-5-29(8-18)6-4-19(21,22)23/h7,9H,2-6,8H2,1H3,(H,28,31)(H3,24,25,26,27). The molecule has 1 fully saturated rings. The topological polar surface area (TPSA) is 118 Å². The molecule has 1 spiro atoms. The van der Waals surface area contributed by atoms with Crippen LogP contribution in [0.4, 0.5) is 30.5 Å². The monoisotopic (exact) mass is 471 g/mol. The van der Waals surface area contributed by atoms with Gasteiger partial charge in [0.2, 0.25) is 0 Å². The minimum absolute atomic E-state index is 0.0306. The zero-order valence-corrected chi connectivity index (χ0v) is 17.8. The van der Waals surface area contributed by atoms with Crippen molar-refractivity contribution >= 4 is 34.8 Å². The number of carbonyl (C=O) groups excluding carboxylic acids is 1. The predicted octanol–water partition coefficient (Wildman–Crippen LogP) is 2.37. The number of nitrogen functional groups attached to an aromatic ring is 1. The number of carbonyl (C=O) groups is 1. The van der Waals surface area contributed by atoms with Crippen molar-refractivity contribution in [2.45, 2.75) is 38.0 Å². The Kier molecular flexibility index (Phi) is 5.53. The van der Waals surface area contributed by atoms with Gasteiger partial charge in [-0.1, -0.05) is 11.6 Å². The second kappa shape index (κ2) is 7.93. The fraction of sp³-hybridized carbons (Fsp3) is 0.474. The van der Waals surface area contributed by atoms with Crippen molar-refractivity contribution in [1.29, 1.82) is 0 Å². The van der Waals surface area contributed by atoms with Gasteiger partial charge in [-0.15, -0.1) is 0 Å². The lowest BCUT2D eigenvalue weighted by molar-refractivity contribution is -0.139. The van der Waals surface area contributed by atoms with Crippen molar-refractivity contribution in [3.63, 3.8) is 0 Å². The van der Waals surface area contributed by atoms with Gasteiger partial charge in [-0.2, -0.15) is 13.2 Å². The number of alkyl halides is 3. The molecule has 0 saturated carbocycles. The van der Waals surface area contributed by atoms with Crippen LogP contribution in [-0.4, -0.2) is 51.2 Å². The van der Waals surface area contributed by atoms with Crippen LogP contribution in [0.25, 0.3) is 0 Å². The molecule has 4 rings (SSSR count). The average Bonchev–Trinajstić information content (AvgIpc) is 2.99. The first-order valence-corrected chi connectivity index (χ1v) is 10.3. The first kappa shape index (κ1) is 22.3.